The maximum Gasteiger partial charge on any atom is 0.410 e. The highest BCUT2D eigenvalue weighted by atomic mass is 127. The second kappa shape index (κ2) is 7.42. The molecular weight excluding hydrogens is 453 g/mol. The van der Waals surface area contributed by atoms with Crippen molar-refractivity contribution in [1.29, 1.82) is 0 Å². The fourth-order valence-corrected chi connectivity index (χ4v) is 5.14. The molecule has 25 heavy (non-hydrogen) atoms. The molecule has 0 radical (unpaired) electrons. The average molecular weight is 479 g/mol. The van der Waals surface area contributed by atoms with E-state index in [1.54, 1.807) is 11.9 Å². The smallest absolute Gasteiger partial charge is 0.410 e. The largest absolute Gasteiger partial charge is 0.462 e. The Kier molecular flexibility index (Phi) is 6.08. The highest BCUT2D eigenvalue weighted by Crippen LogP contribution is 2.41. The second-order valence-corrected chi connectivity index (χ2v) is 10.4. The third-order valence-electron chi connectivity index (χ3n) is 4.48. The molecule has 1 amide bonds. The van der Waals surface area contributed by atoms with Gasteiger partial charge in [-0.2, -0.15) is 0 Å². The molecule has 0 saturated carbocycles. The zero-order chi connectivity index (χ0) is 19.0. The fraction of sp³-hybridized carbons (Fsp3) is 0.667. The molecule has 0 bridgehead atoms. The van der Waals surface area contributed by atoms with Crippen molar-refractivity contribution in [2.75, 3.05) is 13.7 Å². The molecule has 5 nitrogen and oxygen atoms in total. The Bertz CT molecular complexity index is 679. The second-order valence-electron chi connectivity index (χ2n) is 7.60. The molecular formula is C18H26INO4S. The highest BCUT2D eigenvalue weighted by Gasteiger charge is 2.41. The molecule has 7 heteroatoms. The molecule has 1 aliphatic rings. The van der Waals surface area contributed by atoms with E-state index in [9.17, 15) is 9.59 Å². The van der Waals surface area contributed by atoms with Gasteiger partial charge in [0.05, 0.1) is 9.49 Å². The third-order valence-corrected chi connectivity index (χ3v) is 6.83. The number of halogens is 1. The first-order chi connectivity index (χ1) is 11.5. The molecule has 1 heterocycles. The Labute approximate surface area is 167 Å². The van der Waals surface area contributed by atoms with E-state index in [1.165, 1.54) is 11.3 Å². The number of hydrogen-bond donors (Lipinski definition) is 0. The summed E-state index contributed by atoms with van der Waals surface area (Å²) in [5, 5.41) is 0. The predicted molar refractivity (Wildman–Crippen MR) is 107 cm³/mol. The average Bonchev–Trinajstić information content (AvgIpc) is 2.81. The van der Waals surface area contributed by atoms with E-state index in [0.717, 1.165) is 26.9 Å². The van der Waals surface area contributed by atoms with Gasteiger partial charge in [-0.1, -0.05) is 0 Å². The number of ether oxygens (including phenoxy) is 2. The van der Waals surface area contributed by atoms with E-state index in [1.807, 2.05) is 27.7 Å². The van der Waals surface area contributed by atoms with Crippen LogP contribution in [0.5, 0.6) is 0 Å². The number of hydrogen-bond acceptors (Lipinski definition) is 5. The molecule has 2 rings (SSSR count). The monoisotopic (exact) mass is 479 g/mol. The van der Waals surface area contributed by atoms with Crippen molar-refractivity contribution < 1.29 is 19.1 Å². The van der Waals surface area contributed by atoms with Crippen LogP contribution in [0.25, 0.3) is 0 Å². The van der Waals surface area contributed by atoms with Crippen LogP contribution >= 0.6 is 33.9 Å². The van der Waals surface area contributed by atoms with Gasteiger partial charge in [0.1, 0.15) is 10.5 Å². The predicted octanol–water partition coefficient (Wildman–Crippen LogP) is 4.64. The van der Waals surface area contributed by atoms with E-state index in [0.29, 0.717) is 17.9 Å². The van der Waals surface area contributed by atoms with Gasteiger partial charge in [0.25, 0.3) is 0 Å². The van der Waals surface area contributed by atoms with Crippen LogP contribution in [0.4, 0.5) is 4.79 Å². The third kappa shape index (κ3) is 4.48. The molecule has 1 aromatic heterocycles. The van der Waals surface area contributed by atoms with Crippen molar-refractivity contribution in [3.05, 3.63) is 18.9 Å². The Morgan fingerprint density at radius 3 is 2.52 bits per heavy atom. The summed E-state index contributed by atoms with van der Waals surface area (Å²) in [5.41, 5.74) is 1.40. The normalized spacial score (nSPS) is 20.0. The summed E-state index contributed by atoms with van der Waals surface area (Å²) in [7, 11) is 1.80. The number of nitrogens with zero attached hydrogens (tertiary/aromatic N) is 1. The molecule has 1 aliphatic carbocycles. The van der Waals surface area contributed by atoms with Crippen LogP contribution in [-0.4, -0.2) is 41.8 Å². The number of rotatable bonds is 3. The minimum absolute atomic E-state index is 0.240. The lowest BCUT2D eigenvalue weighted by Gasteiger charge is -2.42. The fourth-order valence-electron chi connectivity index (χ4n) is 2.97. The summed E-state index contributed by atoms with van der Waals surface area (Å²) in [6.45, 7) is 9.88. The molecule has 0 aliphatic heterocycles. The molecule has 1 unspecified atom stereocenters. The van der Waals surface area contributed by atoms with Gasteiger partial charge >= 0.3 is 12.1 Å². The Hall–Kier alpha value is -0.830. The highest BCUT2D eigenvalue weighted by molar-refractivity contribution is 14.1. The minimum Gasteiger partial charge on any atom is -0.462 e. The summed E-state index contributed by atoms with van der Waals surface area (Å²) in [4.78, 5) is 27.1. The number of carbonyl (C=O) groups excluding carboxylic acids is 2. The van der Waals surface area contributed by atoms with Gasteiger partial charge in [-0.3, -0.25) is 0 Å². The van der Waals surface area contributed by atoms with Crippen LogP contribution in [-0.2, 0) is 22.3 Å². The first-order valence-corrected chi connectivity index (χ1v) is 10.3. The summed E-state index contributed by atoms with van der Waals surface area (Å²) >= 11 is 3.77. The topological polar surface area (TPSA) is 55.8 Å². The Morgan fingerprint density at radius 2 is 1.96 bits per heavy atom. The van der Waals surface area contributed by atoms with Gasteiger partial charge in [0.15, 0.2) is 0 Å². The maximum atomic E-state index is 12.5. The summed E-state index contributed by atoms with van der Waals surface area (Å²) in [6.07, 6.45) is 1.95. The van der Waals surface area contributed by atoms with Crippen LogP contribution in [0.1, 0.15) is 61.8 Å². The van der Waals surface area contributed by atoms with Gasteiger partial charge in [-0.05, 0) is 87.6 Å². The van der Waals surface area contributed by atoms with E-state index in [2.05, 4.69) is 29.5 Å². The van der Waals surface area contributed by atoms with Gasteiger partial charge < -0.3 is 14.4 Å². The molecule has 0 spiro atoms. The molecule has 0 saturated heterocycles. The van der Waals surface area contributed by atoms with E-state index < -0.39 is 5.60 Å². The first kappa shape index (κ1) is 20.5. The summed E-state index contributed by atoms with van der Waals surface area (Å²) in [5.74, 6) is -0.240. The van der Waals surface area contributed by atoms with E-state index >= 15 is 0 Å². The van der Waals surface area contributed by atoms with Crippen molar-refractivity contribution in [3.63, 3.8) is 0 Å². The molecule has 0 N–H and O–H groups in total. The lowest BCUT2D eigenvalue weighted by Crippen LogP contribution is -2.52. The zero-order valence-electron chi connectivity index (χ0n) is 15.7. The Morgan fingerprint density at radius 1 is 1.32 bits per heavy atom. The van der Waals surface area contributed by atoms with E-state index in [-0.39, 0.29) is 17.6 Å². The number of carbonyl (C=O) groups is 2. The van der Waals surface area contributed by atoms with Crippen LogP contribution in [0, 0.1) is 2.88 Å². The lowest BCUT2D eigenvalue weighted by molar-refractivity contribution is 0.00540. The zero-order valence-corrected chi connectivity index (χ0v) is 18.7. The van der Waals surface area contributed by atoms with E-state index in [4.69, 9.17) is 9.47 Å². The number of amides is 1. The van der Waals surface area contributed by atoms with Crippen LogP contribution in [0.15, 0.2) is 0 Å². The quantitative estimate of drug-likeness (QED) is 0.468. The standard InChI is InChI=1S/C18H26INO4S/c1-7-23-15(21)13-11-8-9-18(5,10-12(11)14(19)25-13)20(6)16(22)24-17(2,3)4/h7-10H2,1-6H3. The lowest BCUT2D eigenvalue weighted by atomic mass is 9.79. The van der Waals surface area contributed by atoms with Crippen molar-refractivity contribution in [1.82, 2.24) is 4.90 Å². The first-order valence-electron chi connectivity index (χ1n) is 8.42. The van der Waals surface area contributed by atoms with Gasteiger partial charge in [-0.15, -0.1) is 11.3 Å². The summed E-state index contributed by atoms with van der Waals surface area (Å²) in [6, 6.07) is 0. The van der Waals surface area contributed by atoms with Gasteiger partial charge in [-0.25, -0.2) is 9.59 Å². The van der Waals surface area contributed by atoms with Crippen molar-refractivity contribution in [2.24, 2.45) is 0 Å². The van der Waals surface area contributed by atoms with Crippen molar-refractivity contribution >= 4 is 46.0 Å². The molecule has 1 aromatic rings. The van der Waals surface area contributed by atoms with Gasteiger partial charge in [0.2, 0.25) is 0 Å². The summed E-state index contributed by atoms with van der Waals surface area (Å²) < 4.78 is 11.8. The number of fused-ring (bicyclic) bond motifs is 1. The van der Waals surface area contributed by atoms with Gasteiger partial charge in [0, 0.05) is 12.6 Å². The molecule has 0 fully saturated rings. The van der Waals surface area contributed by atoms with Crippen LogP contribution < -0.4 is 0 Å². The molecule has 0 aromatic carbocycles. The molecule has 1 atom stereocenters. The van der Waals surface area contributed by atoms with Crippen LogP contribution in [0.2, 0.25) is 0 Å². The number of thiophene rings is 1. The number of likely N-dealkylation sites (N-methyl/N-ethyl adjacent to an activating group) is 1. The SMILES string of the molecule is CCOC(=O)c1sc(I)c2c1CCC(C)(N(C)C(=O)OC(C)(C)C)C2. The minimum atomic E-state index is -0.518. The maximum absolute atomic E-state index is 12.5. The van der Waals surface area contributed by atoms with Crippen molar-refractivity contribution in [3.8, 4) is 0 Å². The van der Waals surface area contributed by atoms with Crippen molar-refractivity contribution in [2.45, 2.75) is 65.0 Å². The number of esters is 1. The van der Waals surface area contributed by atoms with Crippen LogP contribution in [0.3, 0.4) is 0 Å². The Balaban J connectivity index is 2.25. The molecule has 140 valence electrons.